The fourth-order valence-corrected chi connectivity index (χ4v) is 0.754. The Hall–Kier alpha value is -0.830. The molecular formula is C8H12O3. The average Bonchev–Trinajstić information content (AvgIpc) is 2.63. The van der Waals surface area contributed by atoms with Gasteiger partial charge < -0.3 is 9.47 Å². The molecule has 0 amide bonds. The van der Waals surface area contributed by atoms with Crippen LogP contribution in [-0.4, -0.2) is 24.8 Å². The molecule has 0 radical (unpaired) electrons. The zero-order valence-corrected chi connectivity index (χ0v) is 6.74. The lowest BCUT2D eigenvalue weighted by Gasteiger charge is -1.96. The Morgan fingerprint density at radius 3 is 2.82 bits per heavy atom. The fraction of sp³-hybridized carbons (Fsp3) is 0.625. The van der Waals surface area contributed by atoms with Crippen molar-refractivity contribution in [1.29, 1.82) is 0 Å². The van der Waals surface area contributed by atoms with Gasteiger partial charge >= 0.3 is 5.97 Å². The molecule has 2 unspecified atom stereocenters. The molecule has 0 saturated carbocycles. The molecule has 3 nitrogen and oxygen atoms in total. The summed E-state index contributed by atoms with van der Waals surface area (Å²) >= 11 is 0. The van der Waals surface area contributed by atoms with Crippen LogP contribution in [0.5, 0.6) is 0 Å². The highest BCUT2D eigenvalue weighted by Gasteiger charge is 2.34. The van der Waals surface area contributed by atoms with Crippen molar-refractivity contribution >= 4 is 5.97 Å². The van der Waals surface area contributed by atoms with Crippen molar-refractivity contribution in [3.8, 4) is 0 Å². The Kier molecular flexibility index (Phi) is 2.65. The summed E-state index contributed by atoms with van der Waals surface area (Å²) in [4.78, 5) is 10.7. The maximum absolute atomic E-state index is 10.7. The summed E-state index contributed by atoms with van der Waals surface area (Å²) in [5.74, 6) is -0.296. The first-order valence-electron chi connectivity index (χ1n) is 3.69. The summed E-state index contributed by atoms with van der Waals surface area (Å²) in [5.41, 5.74) is 0. The van der Waals surface area contributed by atoms with E-state index in [0.29, 0.717) is 6.61 Å². The minimum atomic E-state index is -0.296. The third kappa shape index (κ3) is 2.72. The Morgan fingerprint density at radius 1 is 1.73 bits per heavy atom. The molecule has 1 heterocycles. The zero-order chi connectivity index (χ0) is 8.27. The molecule has 62 valence electrons. The number of rotatable bonds is 3. The van der Waals surface area contributed by atoms with Crippen LogP contribution in [0.25, 0.3) is 0 Å². The van der Waals surface area contributed by atoms with Crippen LogP contribution in [0.2, 0.25) is 0 Å². The number of hydrogen-bond acceptors (Lipinski definition) is 3. The second-order valence-corrected chi connectivity index (χ2v) is 2.51. The van der Waals surface area contributed by atoms with Gasteiger partial charge in [0.15, 0.2) is 0 Å². The van der Waals surface area contributed by atoms with E-state index in [-0.39, 0.29) is 18.2 Å². The van der Waals surface area contributed by atoms with E-state index in [2.05, 4.69) is 0 Å². The molecule has 0 spiro atoms. The smallest absolute Gasteiger partial charge is 0.330 e. The summed E-state index contributed by atoms with van der Waals surface area (Å²) in [5, 5.41) is 0. The molecule has 0 N–H and O–H groups in total. The van der Waals surface area contributed by atoms with E-state index in [1.807, 2.05) is 6.92 Å². The van der Waals surface area contributed by atoms with Crippen LogP contribution in [0.15, 0.2) is 12.2 Å². The van der Waals surface area contributed by atoms with Crippen LogP contribution >= 0.6 is 0 Å². The van der Waals surface area contributed by atoms with E-state index in [9.17, 15) is 4.79 Å². The van der Waals surface area contributed by atoms with E-state index >= 15 is 0 Å². The first kappa shape index (κ1) is 8.27. The van der Waals surface area contributed by atoms with Gasteiger partial charge in [-0.25, -0.2) is 4.79 Å². The molecule has 1 fully saturated rings. The number of carbonyl (C=O) groups excluding carboxylic acids is 1. The van der Waals surface area contributed by atoms with E-state index in [0.717, 1.165) is 0 Å². The molecule has 1 rings (SSSR count). The molecule has 1 saturated heterocycles. The Morgan fingerprint density at radius 2 is 2.36 bits per heavy atom. The standard InChI is InChI=1S/C8H12O3/c1-3-4-8(9)10-5-7-6(2)11-7/h3-4,6-7H,5H2,1-2H3. The van der Waals surface area contributed by atoms with Crippen LogP contribution in [0.1, 0.15) is 13.8 Å². The molecule has 2 atom stereocenters. The first-order valence-corrected chi connectivity index (χ1v) is 3.69. The quantitative estimate of drug-likeness (QED) is 0.346. The van der Waals surface area contributed by atoms with Gasteiger partial charge in [-0.3, -0.25) is 0 Å². The zero-order valence-electron chi connectivity index (χ0n) is 6.74. The molecule has 0 aliphatic carbocycles. The van der Waals surface area contributed by atoms with Gasteiger partial charge in [-0.15, -0.1) is 0 Å². The Labute approximate surface area is 66.0 Å². The second-order valence-electron chi connectivity index (χ2n) is 2.51. The summed E-state index contributed by atoms with van der Waals surface area (Å²) in [6.07, 6.45) is 3.43. The maximum atomic E-state index is 10.7. The largest absolute Gasteiger partial charge is 0.460 e. The number of carbonyl (C=O) groups is 1. The van der Waals surface area contributed by atoms with Crippen molar-refractivity contribution in [2.75, 3.05) is 6.61 Å². The molecular weight excluding hydrogens is 144 g/mol. The highest BCUT2D eigenvalue weighted by Crippen LogP contribution is 2.20. The maximum Gasteiger partial charge on any atom is 0.330 e. The second kappa shape index (κ2) is 3.53. The topological polar surface area (TPSA) is 38.8 Å². The van der Waals surface area contributed by atoms with Crippen molar-refractivity contribution in [2.24, 2.45) is 0 Å². The number of esters is 1. The molecule has 0 aromatic heterocycles. The van der Waals surface area contributed by atoms with Crippen molar-refractivity contribution in [1.82, 2.24) is 0 Å². The predicted molar refractivity (Wildman–Crippen MR) is 40.1 cm³/mol. The Balaban J connectivity index is 2.07. The average molecular weight is 156 g/mol. The molecule has 0 aromatic carbocycles. The molecule has 3 heteroatoms. The SMILES string of the molecule is CC=CC(=O)OCC1OC1C. The molecule has 11 heavy (non-hydrogen) atoms. The number of hydrogen-bond donors (Lipinski definition) is 0. The third-order valence-corrected chi connectivity index (χ3v) is 1.53. The van der Waals surface area contributed by atoms with Gasteiger partial charge in [-0.2, -0.15) is 0 Å². The minimum absolute atomic E-state index is 0.129. The van der Waals surface area contributed by atoms with E-state index < -0.39 is 0 Å². The number of epoxide rings is 1. The molecule has 0 aromatic rings. The van der Waals surface area contributed by atoms with Crippen LogP contribution in [0.4, 0.5) is 0 Å². The molecule has 1 aliphatic rings. The van der Waals surface area contributed by atoms with Gasteiger partial charge in [0.25, 0.3) is 0 Å². The van der Waals surface area contributed by atoms with Crippen molar-refractivity contribution < 1.29 is 14.3 Å². The summed E-state index contributed by atoms with van der Waals surface area (Å²) in [7, 11) is 0. The van der Waals surface area contributed by atoms with Crippen LogP contribution < -0.4 is 0 Å². The van der Waals surface area contributed by atoms with Crippen LogP contribution in [-0.2, 0) is 14.3 Å². The van der Waals surface area contributed by atoms with E-state index in [1.54, 1.807) is 13.0 Å². The van der Waals surface area contributed by atoms with Crippen molar-refractivity contribution in [3.63, 3.8) is 0 Å². The monoisotopic (exact) mass is 156 g/mol. The lowest BCUT2D eigenvalue weighted by atomic mass is 10.4. The minimum Gasteiger partial charge on any atom is -0.460 e. The summed E-state index contributed by atoms with van der Waals surface area (Å²) < 4.78 is 9.87. The first-order chi connectivity index (χ1) is 5.24. The number of ether oxygens (including phenoxy) is 2. The predicted octanol–water partition coefficient (Wildman–Crippen LogP) is 0.893. The van der Waals surface area contributed by atoms with Gasteiger partial charge in [-0.05, 0) is 13.8 Å². The lowest BCUT2D eigenvalue weighted by Crippen LogP contribution is -2.08. The fourth-order valence-electron chi connectivity index (χ4n) is 0.754. The normalized spacial score (nSPS) is 28.9. The van der Waals surface area contributed by atoms with Crippen LogP contribution in [0, 0.1) is 0 Å². The summed E-state index contributed by atoms with van der Waals surface area (Å²) in [6.45, 7) is 4.11. The highest BCUT2D eigenvalue weighted by molar-refractivity contribution is 5.81. The highest BCUT2D eigenvalue weighted by atomic mass is 16.6. The molecule has 0 bridgehead atoms. The number of allylic oxidation sites excluding steroid dienone is 1. The van der Waals surface area contributed by atoms with Gasteiger partial charge in [-0.1, -0.05) is 6.08 Å². The third-order valence-electron chi connectivity index (χ3n) is 1.53. The van der Waals surface area contributed by atoms with Gasteiger partial charge in [0, 0.05) is 6.08 Å². The van der Waals surface area contributed by atoms with Gasteiger partial charge in [0.1, 0.15) is 12.7 Å². The van der Waals surface area contributed by atoms with E-state index in [4.69, 9.17) is 9.47 Å². The van der Waals surface area contributed by atoms with Gasteiger partial charge in [0.2, 0.25) is 0 Å². The lowest BCUT2D eigenvalue weighted by molar-refractivity contribution is -0.138. The van der Waals surface area contributed by atoms with Crippen molar-refractivity contribution in [3.05, 3.63) is 12.2 Å². The van der Waals surface area contributed by atoms with Crippen molar-refractivity contribution in [2.45, 2.75) is 26.1 Å². The Bertz CT molecular complexity index is 174. The van der Waals surface area contributed by atoms with Crippen LogP contribution in [0.3, 0.4) is 0 Å². The van der Waals surface area contributed by atoms with E-state index in [1.165, 1.54) is 6.08 Å². The summed E-state index contributed by atoms with van der Waals surface area (Å²) in [6, 6.07) is 0. The van der Waals surface area contributed by atoms with Gasteiger partial charge in [0.05, 0.1) is 6.10 Å². The molecule has 1 aliphatic heterocycles.